The van der Waals surface area contributed by atoms with Gasteiger partial charge < -0.3 is 19.3 Å². The molecular weight excluding hydrogens is 512 g/mol. The van der Waals surface area contributed by atoms with Crippen molar-refractivity contribution in [3.8, 4) is 11.5 Å². The maximum Gasteiger partial charge on any atom is 0.363 e. The molecule has 1 fully saturated rings. The van der Waals surface area contributed by atoms with Gasteiger partial charge in [0.25, 0.3) is 0 Å². The Hall–Kier alpha value is -2.98. The van der Waals surface area contributed by atoms with Crippen molar-refractivity contribution in [1.29, 1.82) is 0 Å². The lowest BCUT2D eigenvalue weighted by atomic mass is 9.77. The van der Waals surface area contributed by atoms with E-state index in [1.807, 2.05) is 32.9 Å². The summed E-state index contributed by atoms with van der Waals surface area (Å²) in [6.45, 7) is 7.18. The van der Waals surface area contributed by atoms with Crippen molar-refractivity contribution in [3.05, 3.63) is 52.5 Å². The molecular formula is C28H34ClN2O7+. The minimum atomic E-state index is -1.57. The van der Waals surface area contributed by atoms with Crippen molar-refractivity contribution >= 4 is 34.9 Å². The molecule has 2 atom stereocenters. The summed E-state index contributed by atoms with van der Waals surface area (Å²) in [7, 11) is 3.08. The molecule has 2 aliphatic rings. The number of fused-ring (bicyclic) bond motifs is 1. The van der Waals surface area contributed by atoms with Gasteiger partial charge in [0, 0.05) is 22.1 Å². The SMILES string of the molecule is COc1cccc([C@H]2OCC(=O)[N@@+](CC(C)(C)C)(N3CC(C(C)=O)(C(=O)O)C3)c3ccc(Cl)cc32)c1OC. The molecule has 1 saturated heterocycles. The third-order valence-electron chi connectivity index (χ3n) is 7.35. The van der Waals surface area contributed by atoms with E-state index in [9.17, 15) is 19.5 Å². The quantitative estimate of drug-likeness (QED) is 0.407. The Morgan fingerprint density at radius 1 is 1.16 bits per heavy atom. The van der Waals surface area contributed by atoms with E-state index in [0.717, 1.165) is 0 Å². The molecule has 0 aromatic heterocycles. The van der Waals surface area contributed by atoms with Crippen LogP contribution in [-0.2, 0) is 19.1 Å². The van der Waals surface area contributed by atoms with Gasteiger partial charge in [-0.25, -0.2) is 4.79 Å². The number of benzene rings is 2. The molecule has 2 heterocycles. The van der Waals surface area contributed by atoms with Crippen LogP contribution in [0.4, 0.5) is 5.69 Å². The van der Waals surface area contributed by atoms with Crippen molar-refractivity contribution in [1.82, 2.24) is 9.60 Å². The summed E-state index contributed by atoms with van der Waals surface area (Å²) in [4.78, 5) is 38.8. The summed E-state index contributed by atoms with van der Waals surface area (Å²) in [5, 5.41) is 12.2. The van der Waals surface area contributed by atoms with E-state index in [4.69, 9.17) is 25.8 Å². The normalized spacial score (nSPS) is 23.1. The number of carbonyl (C=O) groups excluding carboxylic acids is 2. The second kappa shape index (κ2) is 9.96. The van der Waals surface area contributed by atoms with Crippen LogP contribution in [0.1, 0.15) is 44.9 Å². The zero-order valence-corrected chi connectivity index (χ0v) is 23.3. The van der Waals surface area contributed by atoms with Crippen LogP contribution in [0.5, 0.6) is 11.5 Å². The molecule has 1 N–H and O–H groups in total. The van der Waals surface area contributed by atoms with Gasteiger partial charge in [-0.3, -0.25) is 9.59 Å². The first kappa shape index (κ1) is 28.0. The number of hydrogen-bond donors (Lipinski definition) is 1. The van der Waals surface area contributed by atoms with E-state index in [0.29, 0.717) is 39.9 Å². The van der Waals surface area contributed by atoms with Gasteiger partial charge >= 0.3 is 11.9 Å². The number of amides is 1. The molecule has 10 heteroatoms. The van der Waals surface area contributed by atoms with Gasteiger partial charge in [0.2, 0.25) is 0 Å². The first-order valence-corrected chi connectivity index (χ1v) is 12.7. The Bertz CT molecular complexity index is 1270. The summed E-state index contributed by atoms with van der Waals surface area (Å²) in [6.07, 6.45) is -0.726. The minimum Gasteiger partial charge on any atom is -0.493 e. The van der Waals surface area contributed by atoms with Crippen LogP contribution < -0.4 is 14.1 Å². The Morgan fingerprint density at radius 3 is 2.39 bits per heavy atom. The number of ether oxygens (including phenoxy) is 3. The van der Waals surface area contributed by atoms with Crippen molar-refractivity contribution in [2.45, 2.75) is 33.8 Å². The van der Waals surface area contributed by atoms with Crippen LogP contribution in [0.3, 0.4) is 0 Å². The average molecular weight is 546 g/mol. The number of methoxy groups -OCH3 is 2. The van der Waals surface area contributed by atoms with Crippen molar-refractivity contribution in [2.75, 3.05) is 40.5 Å². The van der Waals surface area contributed by atoms with E-state index in [1.165, 1.54) is 14.0 Å². The fraction of sp³-hybridized carbons (Fsp3) is 0.464. The molecule has 1 amide bonds. The fourth-order valence-corrected chi connectivity index (χ4v) is 5.71. The highest BCUT2D eigenvalue weighted by Gasteiger charge is 2.64. The number of halogens is 1. The smallest absolute Gasteiger partial charge is 0.363 e. The van der Waals surface area contributed by atoms with Gasteiger partial charge in [0.1, 0.15) is 18.4 Å². The highest BCUT2D eigenvalue weighted by Crippen LogP contribution is 2.49. The zero-order valence-electron chi connectivity index (χ0n) is 22.5. The number of hydrogen-bond acceptors (Lipinski definition) is 7. The molecule has 38 heavy (non-hydrogen) atoms. The summed E-state index contributed by atoms with van der Waals surface area (Å²) < 4.78 is 17.2. The molecule has 0 saturated carbocycles. The van der Waals surface area contributed by atoms with Gasteiger partial charge in [0.05, 0.1) is 32.9 Å². The number of quaternary nitrogens is 1. The number of aliphatic carboxylic acids is 1. The molecule has 9 nitrogen and oxygen atoms in total. The molecule has 0 unspecified atom stereocenters. The number of para-hydroxylation sites is 1. The highest BCUT2D eigenvalue weighted by molar-refractivity contribution is 6.30. The van der Waals surface area contributed by atoms with Crippen LogP contribution in [-0.4, -0.2) is 68.2 Å². The van der Waals surface area contributed by atoms with Crippen molar-refractivity contribution in [2.24, 2.45) is 10.8 Å². The lowest BCUT2D eigenvalue weighted by Gasteiger charge is -2.54. The molecule has 2 aromatic rings. The fourth-order valence-electron chi connectivity index (χ4n) is 5.53. The van der Waals surface area contributed by atoms with E-state index < -0.39 is 23.3 Å². The van der Waals surface area contributed by atoms with Crippen LogP contribution >= 0.6 is 11.6 Å². The number of ketones is 1. The number of Topliss-reactive ketones (excluding diaryl/α,β-unsaturated/α-hetero) is 1. The average Bonchev–Trinajstić information content (AvgIpc) is 2.91. The largest absolute Gasteiger partial charge is 0.493 e. The second-order valence-corrected chi connectivity index (χ2v) is 11.6. The second-order valence-electron chi connectivity index (χ2n) is 11.1. The number of rotatable bonds is 7. The van der Waals surface area contributed by atoms with Crippen LogP contribution in [0.2, 0.25) is 5.02 Å². The highest BCUT2D eigenvalue weighted by atomic mass is 35.5. The first-order chi connectivity index (χ1) is 17.8. The predicted octanol–water partition coefficient (Wildman–Crippen LogP) is 4.25. The lowest BCUT2D eigenvalue weighted by molar-refractivity contribution is -0.196. The number of carboxylic acid groups (broad SMARTS) is 1. The van der Waals surface area contributed by atoms with E-state index in [-0.39, 0.29) is 35.6 Å². The van der Waals surface area contributed by atoms with Gasteiger partial charge in [-0.2, -0.15) is 0 Å². The molecule has 4 rings (SSSR count). The van der Waals surface area contributed by atoms with E-state index >= 15 is 0 Å². The van der Waals surface area contributed by atoms with Gasteiger partial charge in [-0.15, -0.1) is 9.60 Å². The lowest BCUT2D eigenvalue weighted by Crippen LogP contribution is -2.79. The molecule has 0 spiro atoms. The molecule has 0 radical (unpaired) electrons. The summed E-state index contributed by atoms with van der Waals surface area (Å²) in [5.74, 6) is -0.915. The monoisotopic (exact) mass is 545 g/mol. The van der Waals surface area contributed by atoms with E-state index in [1.54, 1.807) is 36.4 Å². The topological polar surface area (TPSA) is 102 Å². The maximum atomic E-state index is 14.2. The van der Waals surface area contributed by atoms with Crippen LogP contribution in [0.15, 0.2) is 36.4 Å². The summed E-state index contributed by atoms with van der Waals surface area (Å²) >= 11 is 6.49. The Kier molecular flexibility index (Phi) is 7.35. The van der Waals surface area contributed by atoms with Crippen molar-refractivity contribution in [3.63, 3.8) is 0 Å². The Morgan fingerprint density at radius 2 is 1.84 bits per heavy atom. The molecule has 2 aromatic carbocycles. The Labute approximate surface area is 227 Å². The zero-order chi connectivity index (χ0) is 28.0. The van der Waals surface area contributed by atoms with E-state index in [2.05, 4.69) is 0 Å². The number of carboxylic acids is 1. The molecule has 2 aliphatic heterocycles. The summed E-state index contributed by atoms with van der Waals surface area (Å²) in [6, 6.07) is 10.7. The predicted molar refractivity (Wildman–Crippen MR) is 142 cm³/mol. The van der Waals surface area contributed by atoms with Crippen molar-refractivity contribution < 1.29 is 33.7 Å². The van der Waals surface area contributed by atoms with Gasteiger partial charge in [-0.1, -0.05) is 44.5 Å². The standard InChI is InChI=1S/C28H33ClN2O7/c1-17(32)28(26(34)35)14-30(15-28)31(16-27(2,3)4)21-11-10-18(29)12-20(21)24(38-13-23(31)33)19-8-7-9-22(36-5)25(19)37-6/h7-12,24H,13-16H2,1-6H3/p+1/t24-,31+/m1/s1. The van der Waals surface area contributed by atoms with Gasteiger partial charge in [0.15, 0.2) is 29.2 Å². The van der Waals surface area contributed by atoms with Gasteiger partial charge in [-0.05, 0) is 25.1 Å². The number of carbonyl (C=O) groups is 3. The summed E-state index contributed by atoms with van der Waals surface area (Å²) in [5.41, 5.74) is -0.0127. The molecule has 0 bridgehead atoms. The third kappa shape index (κ3) is 4.47. The third-order valence-corrected chi connectivity index (χ3v) is 7.58. The minimum absolute atomic E-state index is 0.102. The van der Waals surface area contributed by atoms with Crippen LogP contribution in [0.25, 0.3) is 0 Å². The Balaban J connectivity index is 1.96. The maximum absolute atomic E-state index is 14.2. The first-order valence-electron chi connectivity index (χ1n) is 12.3. The molecule has 0 aliphatic carbocycles. The van der Waals surface area contributed by atoms with Crippen LogP contribution in [0, 0.1) is 10.8 Å². The number of nitrogens with zero attached hydrogens (tertiary/aromatic N) is 2. The molecule has 204 valence electrons.